The molecule has 1 rings (SSSR count). The van der Waals surface area contributed by atoms with Crippen molar-refractivity contribution in [3.8, 4) is 0 Å². The van der Waals surface area contributed by atoms with Crippen LogP contribution in [0, 0.1) is 0 Å². The number of thioether (sulfide) groups is 1. The zero-order valence-corrected chi connectivity index (χ0v) is 9.90. The van der Waals surface area contributed by atoms with Gasteiger partial charge in [-0.1, -0.05) is 0 Å². The van der Waals surface area contributed by atoms with Gasteiger partial charge in [-0.15, -0.1) is 0 Å². The highest BCUT2D eigenvalue weighted by Crippen LogP contribution is 2.11. The Balaban J connectivity index is 2.49. The fourth-order valence-corrected chi connectivity index (χ4v) is 1.55. The van der Waals surface area contributed by atoms with Gasteiger partial charge >= 0.3 is 0 Å². The molecule has 0 aliphatic rings. The molecule has 0 unspecified atom stereocenters. The topological polar surface area (TPSA) is 75.9 Å². The third-order valence-electron chi connectivity index (χ3n) is 1.83. The maximum atomic E-state index is 5.56. The van der Waals surface area contributed by atoms with Crippen LogP contribution in [0.25, 0.3) is 0 Å². The Hall–Kier alpha value is -1.17. The number of aromatic nitrogens is 2. The van der Waals surface area contributed by atoms with Crippen molar-refractivity contribution in [3.05, 3.63) is 6.07 Å². The second-order valence-corrected chi connectivity index (χ2v) is 4.01. The molecule has 0 atom stereocenters. The van der Waals surface area contributed by atoms with Gasteiger partial charge in [0.2, 0.25) is 5.95 Å². The predicted molar refractivity (Wildman–Crippen MR) is 67.5 cm³/mol. The molecule has 1 aromatic heterocycles. The van der Waals surface area contributed by atoms with Crippen LogP contribution < -0.4 is 16.4 Å². The van der Waals surface area contributed by atoms with E-state index in [1.165, 1.54) is 0 Å². The Kier molecular flexibility index (Phi) is 5.03. The molecule has 1 aromatic rings. The minimum Gasteiger partial charge on any atom is -0.373 e. The molecule has 15 heavy (non-hydrogen) atoms. The summed E-state index contributed by atoms with van der Waals surface area (Å²) in [4.78, 5) is 8.10. The molecule has 0 bridgehead atoms. The summed E-state index contributed by atoms with van der Waals surface area (Å²) in [5.41, 5.74) is 5.56. The molecular formula is C9H17N5S. The molecule has 0 radical (unpaired) electrons. The first-order valence-corrected chi connectivity index (χ1v) is 6.20. The standard InChI is InChI=1S/C9H17N5S/c1-11-7-6-8(14-9(10)13-7)12-4-3-5-15-2/h6H,3-5H2,1-2H3,(H4,10,11,12,13,14). The number of nitrogens with one attached hydrogen (secondary N) is 2. The van der Waals surface area contributed by atoms with Gasteiger partial charge in [-0.25, -0.2) is 0 Å². The summed E-state index contributed by atoms with van der Waals surface area (Å²) in [6.45, 7) is 0.903. The molecular weight excluding hydrogens is 210 g/mol. The number of hydrogen-bond donors (Lipinski definition) is 3. The minimum absolute atomic E-state index is 0.286. The van der Waals surface area contributed by atoms with Crippen LogP contribution in [0.15, 0.2) is 6.07 Å². The zero-order chi connectivity index (χ0) is 11.1. The Morgan fingerprint density at radius 1 is 1.40 bits per heavy atom. The molecule has 1 heterocycles. The second-order valence-electron chi connectivity index (χ2n) is 3.02. The summed E-state index contributed by atoms with van der Waals surface area (Å²) in [6.07, 6.45) is 3.21. The molecule has 0 aliphatic heterocycles. The third-order valence-corrected chi connectivity index (χ3v) is 2.53. The SMILES string of the molecule is CNc1cc(NCCCSC)nc(N)n1. The molecule has 0 aromatic carbocycles. The van der Waals surface area contributed by atoms with Gasteiger partial charge < -0.3 is 16.4 Å². The molecule has 0 fully saturated rings. The molecule has 6 heteroatoms. The molecule has 4 N–H and O–H groups in total. The summed E-state index contributed by atoms with van der Waals surface area (Å²) in [7, 11) is 1.80. The van der Waals surface area contributed by atoms with E-state index in [-0.39, 0.29) is 5.95 Å². The average Bonchev–Trinajstić information content (AvgIpc) is 2.23. The van der Waals surface area contributed by atoms with Crippen LogP contribution in [0.3, 0.4) is 0 Å². The summed E-state index contributed by atoms with van der Waals surface area (Å²) in [5, 5.41) is 6.15. The normalized spacial score (nSPS) is 10.0. The van der Waals surface area contributed by atoms with E-state index >= 15 is 0 Å². The summed E-state index contributed by atoms with van der Waals surface area (Å²) >= 11 is 1.84. The van der Waals surface area contributed by atoms with E-state index in [0.717, 1.165) is 30.4 Å². The number of rotatable bonds is 6. The first-order valence-electron chi connectivity index (χ1n) is 4.81. The zero-order valence-electron chi connectivity index (χ0n) is 9.08. The lowest BCUT2D eigenvalue weighted by Crippen LogP contribution is -2.07. The first kappa shape index (κ1) is 11.9. The predicted octanol–water partition coefficient (Wildman–Crippen LogP) is 1.27. The van der Waals surface area contributed by atoms with E-state index in [1.54, 1.807) is 7.05 Å². The first-order chi connectivity index (χ1) is 7.26. The van der Waals surface area contributed by atoms with E-state index in [9.17, 15) is 0 Å². The molecule has 0 saturated heterocycles. The van der Waals surface area contributed by atoms with Crippen LogP contribution in [0.1, 0.15) is 6.42 Å². The van der Waals surface area contributed by atoms with Gasteiger partial charge in [-0.05, 0) is 18.4 Å². The molecule has 84 valence electrons. The maximum Gasteiger partial charge on any atom is 0.223 e. The van der Waals surface area contributed by atoms with Crippen molar-refractivity contribution in [2.24, 2.45) is 0 Å². The van der Waals surface area contributed by atoms with Crippen molar-refractivity contribution < 1.29 is 0 Å². The van der Waals surface area contributed by atoms with Crippen molar-refractivity contribution in [1.82, 2.24) is 9.97 Å². The molecule has 0 spiro atoms. The Morgan fingerprint density at radius 2 is 2.13 bits per heavy atom. The number of anilines is 3. The largest absolute Gasteiger partial charge is 0.373 e. The lowest BCUT2D eigenvalue weighted by molar-refractivity contribution is 0.978. The van der Waals surface area contributed by atoms with Crippen molar-refractivity contribution in [1.29, 1.82) is 0 Å². The van der Waals surface area contributed by atoms with Crippen LogP contribution >= 0.6 is 11.8 Å². The average molecular weight is 227 g/mol. The van der Waals surface area contributed by atoms with E-state index in [1.807, 2.05) is 17.8 Å². The summed E-state index contributed by atoms with van der Waals surface area (Å²) in [5.74, 6) is 2.93. The Bertz CT molecular complexity index is 305. The van der Waals surface area contributed by atoms with Gasteiger partial charge in [0, 0.05) is 19.7 Å². The van der Waals surface area contributed by atoms with Crippen molar-refractivity contribution in [3.63, 3.8) is 0 Å². The highest BCUT2D eigenvalue weighted by atomic mass is 32.2. The highest BCUT2D eigenvalue weighted by Gasteiger charge is 1.99. The lowest BCUT2D eigenvalue weighted by Gasteiger charge is -2.07. The highest BCUT2D eigenvalue weighted by molar-refractivity contribution is 7.98. The fraction of sp³-hybridized carbons (Fsp3) is 0.556. The molecule has 5 nitrogen and oxygen atoms in total. The third kappa shape index (κ3) is 4.24. The monoisotopic (exact) mass is 227 g/mol. The summed E-state index contributed by atoms with van der Waals surface area (Å²) in [6, 6.07) is 1.84. The van der Waals surface area contributed by atoms with Crippen molar-refractivity contribution in [2.75, 3.05) is 42.0 Å². The number of hydrogen-bond acceptors (Lipinski definition) is 6. The lowest BCUT2D eigenvalue weighted by atomic mass is 10.4. The van der Waals surface area contributed by atoms with Crippen LogP contribution in [0.2, 0.25) is 0 Å². The van der Waals surface area contributed by atoms with Gasteiger partial charge in [-0.3, -0.25) is 0 Å². The maximum absolute atomic E-state index is 5.56. The number of nitrogens with zero attached hydrogens (tertiary/aromatic N) is 2. The van der Waals surface area contributed by atoms with Crippen LogP contribution in [0.5, 0.6) is 0 Å². The fourth-order valence-electron chi connectivity index (χ4n) is 1.12. The van der Waals surface area contributed by atoms with E-state index < -0.39 is 0 Å². The Morgan fingerprint density at radius 3 is 2.80 bits per heavy atom. The van der Waals surface area contributed by atoms with Crippen molar-refractivity contribution in [2.45, 2.75) is 6.42 Å². The number of nitrogens with two attached hydrogens (primary N) is 1. The molecule has 0 saturated carbocycles. The van der Waals surface area contributed by atoms with E-state index in [4.69, 9.17) is 5.73 Å². The van der Waals surface area contributed by atoms with Crippen LogP contribution in [-0.2, 0) is 0 Å². The van der Waals surface area contributed by atoms with E-state index in [0.29, 0.717) is 0 Å². The van der Waals surface area contributed by atoms with Gasteiger partial charge in [0.15, 0.2) is 0 Å². The van der Waals surface area contributed by atoms with E-state index in [2.05, 4.69) is 26.9 Å². The van der Waals surface area contributed by atoms with Gasteiger partial charge in [0.25, 0.3) is 0 Å². The minimum atomic E-state index is 0.286. The van der Waals surface area contributed by atoms with Crippen LogP contribution in [0.4, 0.5) is 17.6 Å². The van der Waals surface area contributed by atoms with Crippen molar-refractivity contribution >= 4 is 29.3 Å². The molecule has 0 aliphatic carbocycles. The Labute approximate surface area is 94.3 Å². The number of nitrogen functional groups attached to an aromatic ring is 1. The van der Waals surface area contributed by atoms with Gasteiger partial charge in [0.1, 0.15) is 11.6 Å². The quantitative estimate of drug-likeness (QED) is 0.635. The molecule has 0 amide bonds. The smallest absolute Gasteiger partial charge is 0.223 e. The van der Waals surface area contributed by atoms with Gasteiger partial charge in [-0.2, -0.15) is 21.7 Å². The summed E-state index contributed by atoms with van der Waals surface area (Å²) < 4.78 is 0. The van der Waals surface area contributed by atoms with Crippen LogP contribution in [-0.4, -0.2) is 35.6 Å². The van der Waals surface area contributed by atoms with Gasteiger partial charge in [0.05, 0.1) is 0 Å². The second kappa shape index (κ2) is 6.34.